The van der Waals surface area contributed by atoms with Gasteiger partial charge in [-0.25, -0.2) is 9.80 Å². The van der Waals surface area contributed by atoms with Gasteiger partial charge in [0.1, 0.15) is 0 Å². The van der Waals surface area contributed by atoms with Gasteiger partial charge < -0.3 is 9.84 Å². The summed E-state index contributed by atoms with van der Waals surface area (Å²) in [5.41, 5.74) is 1.40. The number of rotatable bonds is 8. The molecule has 0 spiro atoms. The summed E-state index contributed by atoms with van der Waals surface area (Å²) in [6, 6.07) is 7.05. The van der Waals surface area contributed by atoms with Crippen molar-refractivity contribution in [3.63, 3.8) is 0 Å². The molecule has 4 unspecified atom stereocenters. The Bertz CT molecular complexity index is 701. The number of amides is 1. The molecule has 2 saturated heterocycles. The van der Waals surface area contributed by atoms with Crippen molar-refractivity contribution in [1.29, 1.82) is 0 Å². The van der Waals surface area contributed by atoms with Crippen molar-refractivity contribution in [2.24, 2.45) is 16.9 Å². The van der Waals surface area contributed by atoms with Crippen LogP contribution in [0.15, 0.2) is 29.4 Å². The van der Waals surface area contributed by atoms with E-state index in [4.69, 9.17) is 9.84 Å². The van der Waals surface area contributed by atoms with Crippen LogP contribution in [0.4, 0.5) is 0 Å². The molecule has 2 aliphatic rings. The summed E-state index contributed by atoms with van der Waals surface area (Å²) in [6.45, 7) is 2.07. The predicted molar refractivity (Wildman–Crippen MR) is 103 cm³/mol. The fourth-order valence-electron chi connectivity index (χ4n) is 4.07. The lowest BCUT2D eigenvalue weighted by atomic mass is 9.77. The Balaban J connectivity index is 1.66. The number of unbranched alkanes of at least 4 members (excludes halogenated alkanes) is 1. The Morgan fingerprint density at radius 2 is 1.96 bits per heavy atom. The first kappa shape index (κ1) is 19.5. The second-order valence-electron chi connectivity index (χ2n) is 7.52. The van der Waals surface area contributed by atoms with Gasteiger partial charge in [0, 0.05) is 25.6 Å². The molecule has 3 rings (SSSR count). The number of carboxylic acids is 1. The molecule has 0 aliphatic carbocycles. The Morgan fingerprint density at radius 1 is 1.26 bits per heavy atom. The van der Waals surface area contributed by atoms with Gasteiger partial charge in [0.2, 0.25) is 5.91 Å². The van der Waals surface area contributed by atoms with Crippen LogP contribution in [0.2, 0.25) is 0 Å². The van der Waals surface area contributed by atoms with Gasteiger partial charge in [-0.15, -0.1) is 0 Å². The molecule has 4 atom stereocenters. The van der Waals surface area contributed by atoms with Gasteiger partial charge in [-0.05, 0) is 49.3 Å². The van der Waals surface area contributed by atoms with E-state index < -0.39 is 5.97 Å². The molecule has 0 radical (unpaired) electrons. The van der Waals surface area contributed by atoms with E-state index in [9.17, 15) is 9.59 Å². The summed E-state index contributed by atoms with van der Waals surface area (Å²) >= 11 is 0. The van der Waals surface area contributed by atoms with E-state index in [0.717, 1.165) is 37.7 Å². The summed E-state index contributed by atoms with van der Waals surface area (Å²) in [4.78, 5) is 23.1. The highest BCUT2D eigenvalue weighted by molar-refractivity contribution is 5.87. The van der Waals surface area contributed by atoms with Crippen LogP contribution in [0.1, 0.15) is 54.9 Å². The summed E-state index contributed by atoms with van der Waals surface area (Å²) in [5, 5.41) is 14.9. The quantitative estimate of drug-likeness (QED) is 0.561. The molecule has 2 heterocycles. The van der Waals surface area contributed by atoms with Crippen molar-refractivity contribution < 1.29 is 19.4 Å². The van der Waals surface area contributed by atoms with E-state index in [0.29, 0.717) is 17.9 Å². The van der Waals surface area contributed by atoms with E-state index in [1.807, 2.05) is 18.3 Å². The molecule has 0 aromatic heterocycles. The number of hydrogen-bond acceptors (Lipinski definition) is 4. The Kier molecular flexibility index (Phi) is 6.26. The summed E-state index contributed by atoms with van der Waals surface area (Å²) in [6.07, 6.45) is 7.58. The highest BCUT2D eigenvalue weighted by atomic mass is 16.5. The Labute approximate surface area is 160 Å². The van der Waals surface area contributed by atoms with Crippen LogP contribution < -0.4 is 0 Å². The van der Waals surface area contributed by atoms with Gasteiger partial charge in [0.15, 0.2) is 0 Å². The Morgan fingerprint density at radius 3 is 2.63 bits per heavy atom. The molecule has 2 fully saturated rings. The SMILES string of the molecule is CCCCC(=O)N(C)N=CC1C2CCC(O2)C1Cc1ccc(C(=O)O)cc1. The van der Waals surface area contributed by atoms with Crippen LogP contribution in [0.25, 0.3) is 0 Å². The van der Waals surface area contributed by atoms with Crippen LogP contribution in [-0.4, -0.2) is 47.5 Å². The van der Waals surface area contributed by atoms with Crippen LogP contribution in [0.5, 0.6) is 0 Å². The van der Waals surface area contributed by atoms with E-state index in [-0.39, 0.29) is 24.0 Å². The summed E-state index contributed by atoms with van der Waals surface area (Å²) in [7, 11) is 1.71. The minimum absolute atomic E-state index is 0.0398. The average Bonchev–Trinajstić information content (AvgIpc) is 3.26. The van der Waals surface area contributed by atoms with Gasteiger partial charge in [-0.1, -0.05) is 25.5 Å². The van der Waals surface area contributed by atoms with Gasteiger partial charge in [-0.3, -0.25) is 4.79 Å². The molecule has 6 nitrogen and oxygen atoms in total. The maximum absolute atomic E-state index is 12.1. The number of carbonyl (C=O) groups is 2. The zero-order chi connectivity index (χ0) is 19.4. The maximum Gasteiger partial charge on any atom is 0.335 e. The van der Waals surface area contributed by atoms with Crippen molar-refractivity contribution in [2.75, 3.05) is 7.05 Å². The molecular formula is C21H28N2O4. The zero-order valence-corrected chi connectivity index (χ0v) is 16.0. The lowest BCUT2D eigenvalue weighted by Crippen LogP contribution is -2.31. The third-order valence-electron chi connectivity index (χ3n) is 5.68. The van der Waals surface area contributed by atoms with Gasteiger partial charge in [-0.2, -0.15) is 5.10 Å². The fourth-order valence-corrected chi connectivity index (χ4v) is 4.07. The molecule has 27 heavy (non-hydrogen) atoms. The van der Waals surface area contributed by atoms with E-state index in [2.05, 4.69) is 12.0 Å². The molecule has 1 amide bonds. The van der Waals surface area contributed by atoms with E-state index in [1.54, 1.807) is 19.2 Å². The third-order valence-corrected chi connectivity index (χ3v) is 5.68. The molecule has 146 valence electrons. The van der Waals surface area contributed by atoms with E-state index in [1.165, 1.54) is 5.01 Å². The molecule has 1 aromatic rings. The minimum atomic E-state index is -0.911. The number of hydrazone groups is 1. The van der Waals surface area contributed by atoms with Crippen LogP contribution in [-0.2, 0) is 16.0 Å². The lowest BCUT2D eigenvalue weighted by Gasteiger charge is -2.25. The van der Waals surface area contributed by atoms with Crippen LogP contribution in [0.3, 0.4) is 0 Å². The number of aromatic carboxylic acids is 1. The van der Waals surface area contributed by atoms with Gasteiger partial charge >= 0.3 is 5.97 Å². The second kappa shape index (κ2) is 8.65. The standard InChI is InChI=1S/C21H28N2O4/c1-3-4-5-20(24)23(2)22-13-17-16(18-10-11-19(17)27-18)12-14-6-8-15(9-7-14)21(25)26/h6-9,13,16-19H,3-5,10-12H2,1-2H3,(H,25,26). The number of ether oxygens (including phenoxy) is 1. The number of hydrogen-bond donors (Lipinski definition) is 1. The number of nitrogens with zero attached hydrogens (tertiary/aromatic N) is 2. The van der Waals surface area contributed by atoms with Crippen LogP contribution in [0, 0.1) is 11.8 Å². The number of carbonyl (C=O) groups excluding carboxylic acids is 1. The zero-order valence-electron chi connectivity index (χ0n) is 16.0. The van der Waals surface area contributed by atoms with Crippen LogP contribution >= 0.6 is 0 Å². The van der Waals surface area contributed by atoms with E-state index >= 15 is 0 Å². The first-order chi connectivity index (χ1) is 13.0. The fraction of sp³-hybridized carbons (Fsp3) is 0.571. The number of benzene rings is 1. The highest BCUT2D eigenvalue weighted by Gasteiger charge is 2.48. The van der Waals surface area contributed by atoms with Crippen molar-refractivity contribution in [3.05, 3.63) is 35.4 Å². The van der Waals surface area contributed by atoms with Crippen molar-refractivity contribution >= 4 is 18.1 Å². The average molecular weight is 372 g/mol. The normalized spacial score (nSPS) is 26.6. The largest absolute Gasteiger partial charge is 0.478 e. The molecule has 2 aliphatic heterocycles. The van der Waals surface area contributed by atoms with Crippen molar-refractivity contribution in [2.45, 2.75) is 57.7 Å². The monoisotopic (exact) mass is 372 g/mol. The topological polar surface area (TPSA) is 79.2 Å². The van der Waals surface area contributed by atoms with Gasteiger partial charge in [0.25, 0.3) is 0 Å². The predicted octanol–water partition coefficient (Wildman–Crippen LogP) is 3.36. The summed E-state index contributed by atoms with van der Waals surface area (Å²) in [5.74, 6) is -0.379. The van der Waals surface area contributed by atoms with Crippen molar-refractivity contribution in [1.82, 2.24) is 5.01 Å². The smallest absolute Gasteiger partial charge is 0.335 e. The highest BCUT2D eigenvalue weighted by Crippen LogP contribution is 2.44. The van der Waals surface area contributed by atoms with Crippen molar-refractivity contribution in [3.8, 4) is 0 Å². The molecule has 6 heteroatoms. The minimum Gasteiger partial charge on any atom is -0.478 e. The molecular weight excluding hydrogens is 344 g/mol. The Hall–Kier alpha value is -2.21. The first-order valence-electron chi connectivity index (χ1n) is 9.78. The molecule has 0 saturated carbocycles. The number of carboxylic acid groups (broad SMARTS) is 1. The molecule has 2 bridgehead atoms. The first-order valence-corrected chi connectivity index (χ1v) is 9.78. The number of fused-ring (bicyclic) bond motifs is 2. The molecule has 1 aromatic carbocycles. The maximum atomic E-state index is 12.1. The molecule has 1 N–H and O–H groups in total. The lowest BCUT2D eigenvalue weighted by molar-refractivity contribution is -0.130. The van der Waals surface area contributed by atoms with Gasteiger partial charge in [0.05, 0.1) is 17.8 Å². The second-order valence-corrected chi connectivity index (χ2v) is 7.52. The summed E-state index contributed by atoms with van der Waals surface area (Å²) < 4.78 is 6.10. The third kappa shape index (κ3) is 4.56.